The van der Waals surface area contributed by atoms with Gasteiger partial charge in [0.05, 0.1) is 24.0 Å². The molecule has 1 N–H and O–H groups in total. The second-order valence-corrected chi connectivity index (χ2v) is 5.13. The van der Waals surface area contributed by atoms with Crippen LogP contribution in [0.5, 0.6) is 5.75 Å². The summed E-state index contributed by atoms with van der Waals surface area (Å²) < 4.78 is 45.9. The number of ether oxygens (including phenoxy) is 1. The van der Waals surface area contributed by atoms with Crippen molar-refractivity contribution < 1.29 is 17.9 Å². The van der Waals surface area contributed by atoms with Crippen molar-refractivity contribution in [3.63, 3.8) is 0 Å². The maximum absolute atomic E-state index is 13.9. The van der Waals surface area contributed by atoms with Gasteiger partial charge in [-0.1, -0.05) is 11.6 Å². The Kier molecular flexibility index (Phi) is 4.34. The zero-order valence-electron chi connectivity index (χ0n) is 11.2. The van der Waals surface area contributed by atoms with Crippen LogP contribution in [0.25, 0.3) is 0 Å². The second kappa shape index (κ2) is 5.69. The predicted octanol–water partition coefficient (Wildman–Crippen LogP) is 3.27. The van der Waals surface area contributed by atoms with Gasteiger partial charge in [0.15, 0.2) is 11.6 Å². The van der Waals surface area contributed by atoms with Crippen LogP contribution in [0.2, 0.25) is 5.02 Å². The van der Waals surface area contributed by atoms with Gasteiger partial charge in [0.1, 0.15) is 0 Å². The summed E-state index contributed by atoms with van der Waals surface area (Å²) in [5.74, 6) is -3.43. The van der Waals surface area contributed by atoms with Gasteiger partial charge in [-0.2, -0.15) is 0 Å². The van der Waals surface area contributed by atoms with Gasteiger partial charge in [-0.3, -0.25) is 0 Å². The lowest BCUT2D eigenvalue weighted by Gasteiger charge is -2.41. The number of hydrogen-bond acceptors (Lipinski definition) is 3. The van der Waals surface area contributed by atoms with Crippen LogP contribution < -0.4 is 15.0 Å². The number of nitrogens with zero attached hydrogens (tertiary/aromatic N) is 1. The molecule has 0 spiro atoms. The number of nitrogens with one attached hydrogen (secondary N) is 1. The van der Waals surface area contributed by atoms with Crippen LogP contribution in [0, 0.1) is 5.82 Å². The van der Waals surface area contributed by atoms with Crippen molar-refractivity contribution in [2.24, 2.45) is 0 Å². The Morgan fingerprint density at radius 1 is 1.45 bits per heavy atom. The molecule has 0 aromatic heterocycles. The molecule has 112 valence electrons. The first-order valence-corrected chi connectivity index (χ1v) is 6.61. The van der Waals surface area contributed by atoms with Gasteiger partial charge in [-0.15, -0.1) is 0 Å². The Hall–Kier alpha value is -1.14. The van der Waals surface area contributed by atoms with Crippen LogP contribution in [0.15, 0.2) is 12.1 Å². The van der Waals surface area contributed by atoms with E-state index in [0.717, 1.165) is 0 Å². The average Bonchev–Trinajstić information content (AvgIpc) is 2.41. The lowest BCUT2D eigenvalue weighted by atomic mass is 10.0. The Balaban J connectivity index is 2.38. The molecule has 1 aromatic carbocycles. The maximum atomic E-state index is 13.9. The topological polar surface area (TPSA) is 24.5 Å². The molecule has 0 amide bonds. The maximum Gasteiger partial charge on any atom is 0.253 e. The van der Waals surface area contributed by atoms with E-state index < -0.39 is 17.9 Å². The Labute approximate surface area is 120 Å². The second-order valence-electron chi connectivity index (χ2n) is 4.72. The molecule has 1 heterocycles. The number of halogens is 4. The largest absolute Gasteiger partial charge is 0.492 e. The zero-order chi connectivity index (χ0) is 14.9. The van der Waals surface area contributed by atoms with E-state index >= 15 is 0 Å². The molecule has 1 fully saturated rings. The van der Waals surface area contributed by atoms with E-state index in [1.807, 2.05) is 0 Å². The van der Waals surface area contributed by atoms with E-state index in [4.69, 9.17) is 16.3 Å². The highest BCUT2D eigenvalue weighted by Gasteiger charge is 2.40. The fourth-order valence-corrected chi connectivity index (χ4v) is 2.57. The van der Waals surface area contributed by atoms with E-state index in [-0.39, 0.29) is 30.2 Å². The van der Waals surface area contributed by atoms with Gasteiger partial charge < -0.3 is 15.0 Å². The number of anilines is 1. The van der Waals surface area contributed by atoms with Crippen LogP contribution in [-0.4, -0.2) is 32.8 Å². The van der Waals surface area contributed by atoms with Gasteiger partial charge >= 0.3 is 0 Å². The minimum absolute atomic E-state index is 0.0250. The standard InChI is InChI=1S/C13H16ClF3N2O/c1-18-10-7-13(16,17)5-6-19(10)9-4-3-8(14)11(15)12(9)20-2/h3-4,10,18H,5-7H2,1-2H3. The molecule has 1 saturated heterocycles. The summed E-state index contributed by atoms with van der Waals surface area (Å²) in [6.45, 7) is 0.107. The number of benzene rings is 1. The van der Waals surface area contributed by atoms with E-state index in [0.29, 0.717) is 5.69 Å². The van der Waals surface area contributed by atoms with Crippen molar-refractivity contribution in [2.75, 3.05) is 25.6 Å². The smallest absolute Gasteiger partial charge is 0.253 e. The van der Waals surface area contributed by atoms with Crippen molar-refractivity contribution in [3.8, 4) is 5.75 Å². The quantitative estimate of drug-likeness (QED) is 0.927. The molecule has 1 aliphatic heterocycles. The summed E-state index contributed by atoms with van der Waals surface area (Å²) in [4.78, 5) is 1.68. The van der Waals surface area contributed by atoms with Crippen molar-refractivity contribution in [1.82, 2.24) is 5.32 Å². The molecule has 2 rings (SSSR count). The molecule has 1 atom stereocenters. The monoisotopic (exact) mass is 308 g/mol. The van der Waals surface area contributed by atoms with E-state index in [2.05, 4.69) is 5.32 Å². The molecular formula is C13H16ClF3N2O. The van der Waals surface area contributed by atoms with Crippen LogP contribution >= 0.6 is 11.6 Å². The van der Waals surface area contributed by atoms with Gasteiger partial charge in [-0.25, -0.2) is 13.2 Å². The average molecular weight is 309 g/mol. The first-order valence-electron chi connectivity index (χ1n) is 6.23. The molecule has 1 unspecified atom stereocenters. The van der Waals surface area contributed by atoms with Crippen molar-refractivity contribution in [3.05, 3.63) is 23.0 Å². The number of piperidine rings is 1. The summed E-state index contributed by atoms with van der Waals surface area (Å²) in [6, 6.07) is 2.98. The van der Waals surface area contributed by atoms with Gasteiger partial charge in [-0.05, 0) is 19.2 Å². The molecule has 1 aliphatic rings. The van der Waals surface area contributed by atoms with E-state index in [9.17, 15) is 13.2 Å². The van der Waals surface area contributed by atoms with Gasteiger partial charge in [0.25, 0.3) is 5.92 Å². The van der Waals surface area contributed by atoms with Crippen LogP contribution in [0.4, 0.5) is 18.9 Å². The molecular weight excluding hydrogens is 293 g/mol. The molecule has 1 aromatic rings. The first kappa shape index (κ1) is 15.3. The number of rotatable bonds is 3. The molecule has 0 aliphatic carbocycles. The van der Waals surface area contributed by atoms with Crippen molar-refractivity contribution in [2.45, 2.75) is 24.9 Å². The summed E-state index contributed by atoms with van der Waals surface area (Å²) in [6.07, 6.45) is -1.21. The third-order valence-corrected chi connectivity index (χ3v) is 3.75. The first-order chi connectivity index (χ1) is 9.39. The lowest BCUT2D eigenvalue weighted by Crippen LogP contribution is -2.53. The van der Waals surface area contributed by atoms with E-state index in [1.54, 1.807) is 18.0 Å². The van der Waals surface area contributed by atoms with Crippen LogP contribution in [0.3, 0.4) is 0 Å². The predicted molar refractivity (Wildman–Crippen MR) is 72.3 cm³/mol. The highest BCUT2D eigenvalue weighted by molar-refractivity contribution is 6.31. The molecule has 7 heteroatoms. The fourth-order valence-electron chi connectivity index (χ4n) is 2.42. The minimum atomic E-state index is -2.72. The summed E-state index contributed by atoms with van der Waals surface area (Å²) in [7, 11) is 2.92. The van der Waals surface area contributed by atoms with Crippen molar-refractivity contribution >= 4 is 17.3 Å². The Morgan fingerprint density at radius 2 is 2.15 bits per heavy atom. The minimum Gasteiger partial charge on any atom is -0.492 e. The molecule has 0 radical (unpaired) electrons. The van der Waals surface area contributed by atoms with Gasteiger partial charge in [0, 0.05) is 19.4 Å². The zero-order valence-corrected chi connectivity index (χ0v) is 12.0. The number of methoxy groups -OCH3 is 1. The normalized spacial score (nSPS) is 21.9. The third kappa shape index (κ3) is 2.81. The van der Waals surface area contributed by atoms with E-state index in [1.165, 1.54) is 13.2 Å². The summed E-state index contributed by atoms with van der Waals surface area (Å²) >= 11 is 5.71. The highest BCUT2D eigenvalue weighted by atomic mass is 35.5. The van der Waals surface area contributed by atoms with Crippen molar-refractivity contribution in [1.29, 1.82) is 0 Å². The lowest BCUT2D eigenvalue weighted by molar-refractivity contribution is -0.0366. The highest BCUT2D eigenvalue weighted by Crippen LogP contribution is 2.40. The molecule has 0 saturated carbocycles. The van der Waals surface area contributed by atoms with Crippen LogP contribution in [-0.2, 0) is 0 Å². The van der Waals surface area contributed by atoms with Crippen LogP contribution in [0.1, 0.15) is 12.8 Å². The molecule has 20 heavy (non-hydrogen) atoms. The summed E-state index contributed by atoms with van der Waals surface area (Å²) in [5.41, 5.74) is 0.421. The fraction of sp³-hybridized carbons (Fsp3) is 0.538. The third-order valence-electron chi connectivity index (χ3n) is 3.46. The number of hydrogen-bond donors (Lipinski definition) is 1. The molecule has 3 nitrogen and oxygen atoms in total. The van der Waals surface area contributed by atoms with Gasteiger partial charge in [0.2, 0.25) is 0 Å². The SMILES string of the molecule is CNC1CC(F)(F)CCN1c1ccc(Cl)c(F)c1OC. The number of alkyl halides is 2. The summed E-state index contributed by atoms with van der Waals surface area (Å²) in [5, 5.41) is 2.77. The molecule has 0 bridgehead atoms. The Bertz CT molecular complexity index is 499. The Morgan fingerprint density at radius 3 is 2.75 bits per heavy atom.